The summed E-state index contributed by atoms with van der Waals surface area (Å²) in [5.74, 6) is 1.05. The zero-order valence-electron chi connectivity index (χ0n) is 9.43. The molecule has 0 fully saturated rings. The Kier molecular flexibility index (Phi) is 3.31. The first kappa shape index (κ1) is 10.8. The van der Waals surface area contributed by atoms with Crippen LogP contribution in [-0.4, -0.2) is 21.1 Å². The number of imidazole rings is 1. The molecule has 2 heterocycles. The van der Waals surface area contributed by atoms with E-state index < -0.39 is 0 Å². The molecule has 2 aromatic heterocycles. The third kappa shape index (κ3) is 2.12. The summed E-state index contributed by atoms with van der Waals surface area (Å²) in [5, 5.41) is 0. The van der Waals surface area contributed by atoms with E-state index in [4.69, 9.17) is 5.73 Å². The fourth-order valence-corrected chi connectivity index (χ4v) is 1.74. The Labute approximate surface area is 95.1 Å². The van der Waals surface area contributed by atoms with Crippen LogP contribution in [0.15, 0.2) is 30.9 Å². The fraction of sp³-hybridized carbons (Fsp3) is 0.333. The summed E-state index contributed by atoms with van der Waals surface area (Å²) >= 11 is 0. The molecule has 0 atom stereocenters. The first-order chi connectivity index (χ1) is 7.85. The number of hydrogen-bond donors (Lipinski definition) is 1. The molecule has 0 bridgehead atoms. The van der Waals surface area contributed by atoms with E-state index in [0.717, 1.165) is 29.9 Å². The standard InChI is InChI=1S/C12H16N4/c1-2-12-15-5-6-16(12)11-7-10(3-4-13)8-14-9-11/h5-9H,2-4,13H2,1H3. The highest BCUT2D eigenvalue weighted by atomic mass is 15.1. The van der Waals surface area contributed by atoms with Gasteiger partial charge in [0, 0.05) is 25.0 Å². The Bertz CT molecular complexity index is 462. The monoisotopic (exact) mass is 216 g/mol. The minimum atomic E-state index is 0.649. The van der Waals surface area contributed by atoms with Crippen molar-refractivity contribution >= 4 is 0 Å². The van der Waals surface area contributed by atoms with Gasteiger partial charge in [0.2, 0.25) is 0 Å². The molecule has 0 amide bonds. The molecule has 0 aliphatic heterocycles. The van der Waals surface area contributed by atoms with E-state index in [1.807, 2.05) is 24.8 Å². The molecule has 2 aromatic rings. The molecule has 0 spiro atoms. The summed E-state index contributed by atoms with van der Waals surface area (Å²) in [6, 6.07) is 2.11. The van der Waals surface area contributed by atoms with E-state index in [1.54, 1.807) is 0 Å². The molecular weight excluding hydrogens is 200 g/mol. The van der Waals surface area contributed by atoms with Gasteiger partial charge in [0.25, 0.3) is 0 Å². The summed E-state index contributed by atoms with van der Waals surface area (Å²) in [5.41, 5.74) is 7.76. The molecule has 16 heavy (non-hydrogen) atoms. The van der Waals surface area contributed by atoms with Crippen molar-refractivity contribution in [3.63, 3.8) is 0 Å². The average molecular weight is 216 g/mol. The van der Waals surface area contributed by atoms with E-state index in [0.29, 0.717) is 6.54 Å². The molecule has 2 rings (SSSR count). The third-order valence-corrected chi connectivity index (χ3v) is 2.53. The number of hydrogen-bond acceptors (Lipinski definition) is 3. The highest BCUT2D eigenvalue weighted by Gasteiger charge is 2.03. The van der Waals surface area contributed by atoms with Crippen LogP contribution in [-0.2, 0) is 12.8 Å². The van der Waals surface area contributed by atoms with Gasteiger partial charge in [0.05, 0.1) is 11.9 Å². The largest absolute Gasteiger partial charge is 0.330 e. The number of aromatic nitrogens is 3. The van der Waals surface area contributed by atoms with E-state index in [9.17, 15) is 0 Å². The van der Waals surface area contributed by atoms with Gasteiger partial charge in [-0.1, -0.05) is 6.92 Å². The lowest BCUT2D eigenvalue weighted by Gasteiger charge is -2.07. The van der Waals surface area contributed by atoms with Crippen LogP contribution >= 0.6 is 0 Å². The molecule has 0 aliphatic rings. The fourth-order valence-electron chi connectivity index (χ4n) is 1.74. The van der Waals surface area contributed by atoms with Crippen molar-refractivity contribution in [1.29, 1.82) is 0 Å². The van der Waals surface area contributed by atoms with Crippen molar-refractivity contribution in [2.45, 2.75) is 19.8 Å². The van der Waals surface area contributed by atoms with Crippen LogP contribution in [0.1, 0.15) is 18.3 Å². The van der Waals surface area contributed by atoms with E-state index in [2.05, 4.69) is 27.5 Å². The Morgan fingerprint density at radius 3 is 3.00 bits per heavy atom. The highest BCUT2D eigenvalue weighted by molar-refractivity contribution is 5.33. The van der Waals surface area contributed by atoms with Crippen molar-refractivity contribution in [2.75, 3.05) is 6.54 Å². The third-order valence-electron chi connectivity index (χ3n) is 2.53. The first-order valence-electron chi connectivity index (χ1n) is 5.51. The van der Waals surface area contributed by atoms with Gasteiger partial charge in [-0.05, 0) is 24.6 Å². The Hall–Kier alpha value is -1.68. The van der Waals surface area contributed by atoms with Crippen LogP contribution < -0.4 is 5.73 Å². The summed E-state index contributed by atoms with van der Waals surface area (Å²) in [4.78, 5) is 8.53. The van der Waals surface area contributed by atoms with Crippen LogP contribution in [0.5, 0.6) is 0 Å². The zero-order valence-corrected chi connectivity index (χ0v) is 9.43. The maximum Gasteiger partial charge on any atom is 0.112 e. The van der Waals surface area contributed by atoms with Gasteiger partial charge < -0.3 is 10.3 Å². The van der Waals surface area contributed by atoms with Gasteiger partial charge in [-0.15, -0.1) is 0 Å². The molecule has 0 unspecified atom stereocenters. The highest BCUT2D eigenvalue weighted by Crippen LogP contribution is 2.12. The lowest BCUT2D eigenvalue weighted by Crippen LogP contribution is -2.05. The predicted octanol–water partition coefficient (Wildman–Crippen LogP) is 1.33. The summed E-state index contributed by atoms with van der Waals surface area (Å²) in [6.07, 6.45) is 9.25. The van der Waals surface area contributed by atoms with Gasteiger partial charge in [-0.2, -0.15) is 0 Å². The molecule has 4 nitrogen and oxygen atoms in total. The van der Waals surface area contributed by atoms with Crippen LogP contribution in [0.4, 0.5) is 0 Å². The lowest BCUT2D eigenvalue weighted by molar-refractivity contribution is 0.878. The SMILES string of the molecule is CCc1nccn1-c1cncc(CCN)c1. The number of nitrogens with two attached hydrogens (primary N) is 1. The van der Waals surface area contributed by atoms with Gasteiger partial charge in [-0.3, -0.25) is 4.98 Å². The summed E-state index contributed by atoms with van der Waals surface area (Å²) in [7, 11) is 0. The van der Waals surface area contributed by atoms with Gasteiger partial charge in [0.15, 0.2) is 0 Å². The second kappa shape index (κ2) is 4.90. The molecule has 0 saturated heterocycles. The zero-order chi connectivity index (χ0) is 11.4. The second-order valence-electron chi connectivity index (χ2n) is 3.66. The Morgan fingerprint density at radius 1 is 1.38 bits per heavy atom. The molecular formula is C12H16N4. The first-order valence-corrected chi connectivity index (χ1v) is 5.51. The van der Waals surface area contributed by atoms with E-state index in [-0.39, 0.29) is 0 Å². The summed E-state index contributed by atoms with van der Waals surface area (Å²) < 4.78 is 2.06. The van der Waals surface area contributed by atoms with Crippen LogP contribution in [0, 0.1) is 0 Å². The van der Waals surface area contributed by atoms with Crippen molar-refractivity contribution in [1.82, 2.24) is 14.5 Å². The predicted molar refractivity (Wildman–Crippen MR) is 63.5 cm³/mol. The van der Waals surface area contributed by atoms with Crippen molar-refractivity contribution in [3.05, 3.63) is 42.2 Å². The topological polar surface area (TPSA) is 56.7 Å². The molecule has 0 aromatic carbocycles. The second-order valence-corrected chi connectivity index (χ2v) is 3.66. The Balaban J connectivity index is 2.36. The van der Waals surface area contributed by atoms with Gasteiger partial charge in [0.1, 0.15) is 5.82 Å². The summed E-state index contributed by atoms with van der Waals surface area (Å²) in [6.45, 7) is 2.74. The number of rotatable bonds is 4. The number of pyridine rings is 1. The molecule has 2 N–H and O–H groups in total. The Morgan fingerprint density at radius 2 is 2.25 bits per heavy atom. The number of aryl methyl sites for hydroxylation is 1. The quantitative estimate of drug-likeness (QED) is 0.838. The van der Waals surface area contributed by atoms with Crippen molar-refractivity contribution in [2.24, 2.45) is 5.73 Å². The smallest absolute Gasteiger partial charge is 0.112 e. The molecule has 4 heteroatoms. The van der Waals surface area contributed by atoms with Crippen molar-refractivity contribution in [3.8, 4) is 5.69 Å². The maximum atomic E-state index is 5.54. The normalized spacial score (nSPS) is 10.6. The van der Waals surface area contributed by atoms with Crippen LogP contribution in [0.2, 0.25) is 0 Å². The molecule has 0 radical (unpaired) electrons. The lowest BCUT2D eigenvalue weighted by atomic mass is 10.2. The minimum absolute atomic E-state index is 0.649. The van der Waals surface area contributed by atoms with E-state index in [1.165, 1.54) is 0 Å². The van der Waals surface area contributed by atoms with E-state index >= 15 is 0 Å². The van der Waals surface area contributed by atoms with Crippen molar-refractivity contribution < 1.29 is 0 Å². The van der Waals surface area contributed by atoms with Crippen LogP contribution in [0.25, 0.3) is 5.69 Å². The van der Waals surface area contributed by atoms with Gasteiger partial charge >= 0.3 is 0 Å². The molecule has 84 valence electrons. The average Bonchev–Trinajstić information content (AvgIpc) is 2.78. The maximum absolute atomic E-state index is 5.54. The minimum Gasteiger partial charge on any atom is -0.330 e. The number of nitrogens with zero attached hydrogens (tertiary/aromatic N) is 3. The molecule has 0 aliphatic carbocycles. The molecule has 0 saturated carbocycles. The van der Waals surface area contributed by atoms with Gasteiger partial charge in [-0.25, -0.2) is 4.98 Å². The van der Waals surface area contributed by atoms with Crippen LogP contribution in [0.3, 0.4) is 0 Å².